The van der Waals surface area contributed by atoms with Gasteiger partial charge in [-0.15, -0.1) is 0 Å². The second-order valence-electron chi connectivity index (χ2n) is 4.40. The lowest BCUT2D eigenvalue weighted by molar-refractivity contribution is 0.634. The van der Waals surface area contributed by atoms with Gasteiger partial charge in [0, 0.05) is 17.6 Å². The van der Waals surface area contributed by atoms with Crippen LogP contribution in [0.15, 0.2) is 36.5 Å². The molecule has 0 unspecified atom stereocenters. The molecule has 18 heavy (non-hydrogen) atoms. The molecule has 1 heterocycles. The summed E-state index contributed by atoms with van der Waals surface area (Å²) < 4.78 is 14.3. The number of hydrogen-bond acceptors (Lipinski definition) is 2. The number of rotatable bonds is 2. The van der Waals surface area contributed by atoms with E-state index < -0.39 is 0 Å². The molecule has 1 aromatic heterocycles. The van der Waals surface area contributed by atoms with E-state index >= 15 is 0 Å². The van der Waals surface area contributed by atoms with Gasteiger partial charge in [-0.2, -0.15) is 0 Å². The molecule has 0 atom stereocenters. The fraction of sp³-hybridized carbons (Fsp3) is 0.214. The fourth-order valence-electron chi connectivity index (χ4n) is 2.22. The second-order valence-corrected chi connectivity index (χ2v) is 4.81. The Labute approximate surface area is 109 Å². The first kappa shape index (κ1) is 11.5. The molecule has 0 bridgehead atoms. The molecule has 4 heteroatoms. The van der Waals surface area contributed by atoms with Gasteiger partial charge in [-0.25, -0.2) is 4.39 Å². The number of anilines is 1. The van der Waals surface area contributed by atoms with Gasteiger partial charge in [0.05, 0.1) is 10.7 Å². The van der Waals surface area contributed by atoms with Gasteiger partial charge in [0.2, 0.25) is 0 Å². The van der Waals surface area contributed by atoms with Gasteiger partial charge in [0.25, 0.3) is 0 Å². The molecule has 0 saturated heterocycles. The minimum Gasteiger partial charge on any atom is -0.379 e. The Morgan fingerprint density at radius 1 is 1.22 bits per heavy atom. The first-order valence-corrected chi connectivity index (χ1v) is 6.28. The zero-order valence-corrected chi connectivity index (χ0v) is 10.4. The third-order valence-electron chi connectivity index (χ3n) is 3.17. The Kier molecular flexibility index (Phi) is 2.92. The number of aromatic nitrogens is 1. The molecule has 1 aliphatic carbocycles. The predicted molar refractivity (Wildman–Crippen MR) is 72.5 cm³/mol. The fourth-order valence-corrected chi connectivity index (χ4v) is 2.43. The van der Waals surface area contributed by atoms with Crippen molar-refractivity contribution in [2.75, 3.05) is 5.32 Å². The summed E-state index contributed by atoms with van der Waals surface area (Å²) in [6, 6.07) is 5.47. The zero-order valence-electron chi connectivity index (χ0n) is 9.66. The maximum atomic E-state index is 14.3. The molecule has 2 aromatic rings. The molecule has 0 spiro atoms. The lowest BCUT2D eigenvalue weighted by atomic mass is 10.1. The highest BCUT2D eigenvalue weighted by atomic mass is 35.5. The second kappa shape index (κ2) is 4.58. The molecule has 2 nitrogen and oxygen atoms in total. The van der Waals surface area contributed by atoms with E-state index in [1.165, 1.54) is 6.20 Å². The quantitative estimate of drug-likeness (QED) is 0.822. The first-order valence-electron chi connectivity index (χ1n) is 5.90. The number of nitrogens with zero attached hydrogens (tertiary/aromatic N) is 1. The van der Waals surface area contributed by atoms with Crippen molar-refractivity contribution in [3.05, 3.63) is 47.4 Å². The molecule has 1 N–H and O–H groups in total. The van der Waals surface area contributed by atoms with Crippen LogP contribution in [0.4, 0.5) is 10.1 Å². The average molecular weight is 263 g/mol. The lowest BCUT2D eigenvalue weighted by Gasteiger charge is -2.15. The van der Waals surface area contributed by atoms with Crippen LogP contribution in [-0.4, -0.2) is 11.0 Å². The highest BCUT2D eigenvalue weighted by Gasteiger charge is 2.15. The molecule has 0 fully saturated rings. The Bertz CT molecular complexity index is 616. The normalized spacial score (nSPS) is 15.4. The van der Waals surface area contributed by atoms with E-state index in [9.17, 15) is 4.39 Å². The van der Waals surface area contributed by atoms with Crippen molar-refractivity contribution in [3.63, 3.8) is 0 Å². The molecule has 1 aromatic carbocycles. The molecule has 3 rings (SSSR count). The van der Waals surface area contributed by atoms with Crippen LogP contribution in [0.2, 0.25) is 5.02 Å². The number of hydrogen-bond donors (Lipinski definition) is 1. The highest BCUT2D eigenvalue weighted by molar-refractivity contribution is 6.35. The minimum atomic E-state index is -0.332. The van der Waals surface area contributed by atoms with E-state index in [4.69, 9.17) is 11.6 Å². The molecular formula is C14H12ClFN2. The topological polar surface area (TPSA) is 24.9 Å². The summed E-state index contributed by atoms with van der Waals surface area (Å²) in [6.45, 7) is 0. The maximum Gasteiger partial charge on any atom is 0.172 e. The SMILES string of the molecule is Fc1c(NC2CC=CC2)ccc2c(Cl)ccnc12. The summed E-state index contributed by atoms with van der Waals surface area (Å²) in [5, 5.41) is 4.37. The van der Waals surface area contributed by atoms with Gasteiger partial charge >= 0.3 is 0 Å². The number of fused-ring (bicyclic) bond motifs is 1. The lowest BCUT2D eigenvalue weighted by Crippen LogP contribution is -2.16. The van der Waals surface area contributed by atoms with Gasteiger partial charge < -0.3 is 5.32 Å². The van der Waals surface area contributed by atoms with E-state index in [2.05, 4.69) is 22.5 Å². The van der Waals surface area contributed by atoms with Gasteiger partial charge in [-0.05, 0) is 31.0 Å². The van der Waals surface area contributed by atoms with Crippen LogP contribution in [0.5, 0.6) is 0 Å². The summed E-state index contributed by atoms with van der Waals surface area (Å²) in [4.78, 5) is 4.06. The molecule has 0 aliphatic heterocycles. The molecule has 1 aliphatic rings. The molecular weight excluding hydrogens is 251 g/mol. The van der Waals surface area contributed by atoms with Crippen LogP contribution < -0.4 is 5.32 Å². The van der Waals surface area contributed by atoms with Gasteiger partial charge in [0.15, 0.2) is 5.82 Å². The van der Waals surface area contributed by atoms with Crippen molar-refractivity contribution in [3.8, 4) is 0 Å². The molecule has 92 valence electrons. The summed E-state index contributed by atoms with van der Waals surface area (Å²) in [5.41, 5.74) is 0.810. The Morgan fingerprint density at radius 3 is 2.78 bits per heavy atom. The van der Waals surface area contributed by atoms with Gasteiger partial charge in [-0.1, -0.05) is 23.8 Å². The first-order chi connectivity index (χ1) is 8.75. The Morgan fingerprint density at radius 2 is 2.00 bits per heavy atom. The van der Waals surface area contributed by atoms with Crippen molar-refractivity contribution in [1.82, 2.24) is 4.98 Å². The van der Waals surface area contributed by atoms with Crippen molar-refractivity contribution in [1.29, 1.82) is 0 Å². The van der Waals surface area contributed by atoms with E-state index in [0.717, 1.165) is 12.8 Å². The minimum absolute atomic E-state index is 0.274. The van der Waals surface area contributed by atoms with E-state index in [-0.39, 0.29) is 11.9 Å². The third kappa shape index (κ3) is 1.95. The predicted octanol–water partition coefficient (Wildman–Crippen LogP) is 4.16. The zero-order chi connectivity index (χ0) is 12.5. The number of benzene rings is 1. The van der Waals surface area contributed by atoms with Gasteiger partial charge in [-0.3, -0.25) is 4.98 Å². The number of halogens is 2. The third-order valence-corrected chi connectivity index (χ3v) is 3.50. The summed E-state index contributed by atoms with van der Waals surface area (Å²) in [6.07, 6.45) is 7.59. The number of nitrogens with one attached hydrogen (secondary N) is 1. The van der Waals surface area contributed by atoms with Crippen molar-refractivity contribution in [2.24, 2.45) is 0 Å². The van der Waals surface area contributed by atoms with E-state index in [1.54, 1.807) is 18.2 Å². The average Bonchev–Trinajstić information content (AvgIpc) is 2.86. The van der Waals surface area contributed by atoms with Crippen LogP contribution in [0.1, 0.15) is 12.8 Å². The summed E-state index contributed by atoms with van der Waals surface area (Å²) in [7, 11) is 0. The molecule has 0 saturated carbocycles. The summed E-state index contributed by atoms with van der Waals surface area (Å²) >= 11 is 6.01. The summed E-state index contributed by atoms with van der Waals surface area (Å²) in [5.74, 6) is -0.332. The van der Waals surface area contributed by atoms with Crippen molar-refractivity contribution >= 4 is 28.2 Å². The Hall–Kier alpha value is -1.61. The van der Waals surface area contributed by atoms with Gasteiger partial charge in [0.1, 0.15) is 5.52 Å². The smallest absolute Gasteiger partial charge is 0.172 e. The molecule has 0 radical (unpaired) electrons. The van der Waals surface area contributed by atoms with Crippen molar-refractivity contribution < 1.29 is 4.39 Å². The van der Waals surface area contributed by atoms with Crippen LogP contribution in [0, 0.1) is 5.82 Å². The van der Waals surface area contributed by atoms with Crippen LogP contribution in [0.25, 0.3) is 10.9 Å². The number of pyridine rings is 1. The standard InChI is InChI=1S/C14H12ClFN2/c15-11-7-8-17-14-10(11)5-6-12(13(14)16)18-9-3-1-2-4-9/h1-2,5-9,18H,3-4H2. The Balaban J connectivity index is 2.01. The van der Waals surface area contributed by atoms with Crippen LogP contribution in [0.3, 0.4) is 0 Å². The highest BCUT2D eigenvalue weighted by Crippen LogP contribution is 2.29. The van der Waals surface area contributed by atoms with Crippen LogP contribution in [-0.2, 0) is 0 Å². The van der Waals surface area contributed by atoms with E-state index in [1.807, 2.05) is 0 Å². The monoisotopic (exact) mass is 262 g/mol. The maximum absolute atomic E-state index is 14.3. The van der Waals surface area contributed by atoms with E-state index in [0.29, 0.717) is 21.6 Å². The van der Waals surface area contributed by atoms with Crippen molar-refractivity contribution in [2.45, 2.75) is 18.9 Å². The largest absolute Gasteiger partial charge is 0.379 e. The molecule has 0 amide bonds. The van der Waals surface area contributed by atoms with Crippen LogP contribution >= 0.6 is 11.6 Å².